The number of aromatic hydroxyl groups is 1. The van der Waals surface area contributed by atoms with Crippen molar-refractivity contribution in [2.24, 2.45) is 0 Å². The second kappa shape index (κ2) is 7.11. The summed E-state index contributed by atoms with van der Waals surface area (Å²) in [5.41, 5.74) is 0.833. The number of hydrogen-bond donors (Lipinski definition) is 2. The van der Waals surface area contributed by atoms with Crippen LogP contribution < -0.4 is 5.32 Å². The van der Waals surface area contributed by atoms with E-state index in [0.29, 0.717) is 0 Å². The molecule has 0 radical (unpaired) electrons. The summed E-state index contributed by atoms with van der Waals surface area (Å²) in [5, 5.41) is 15.4. The maximum atomic E-state index is 11.5. The van der Waals surface area contributed by atoms with Gasteiger partial charge in [0.25, 0.3) is 0 Å². The van der Waals surface area contributed by atoms with E-state index < -0.39 is 0 Å². The number of rotatable bonds is 6. The number of unbranched alkanes of at least 4 members (excludes halogenated alkanes) is 2. The van der Waals surface area contributed by atoms with Crippen LogP contribution in [-0.4, -0.2) is 11.0 Å². The van der Waals surface area contributed by atoms with Gasteiger partial charge in [0.1, 0.15) is 5.75 Å². The van der Waals surface area contributed by atoms with Gasteiger partial charge in [-0.2, -0.15) is 0 Å². The number of carbonyl (C=O) groups excluding carboxylic acids is 1. The Morgan fingerprint density at radius 2 is 1.95 bits per heavy atom. The number of benzene rings is 2. The van der Waals surface area contributed by atoms with Crippen molar-refractivity contribution in [3.63, 3.8) is 0 Å². The molecule has 2 N–H and O–H groups in total. The molecule has 1 unspecified atom stereocenters. The van der Waals surface area contributed by atoms with E-state index in [1.54, 1.807) is 6.07 Å². The molecule has 1 amide bonds. The maximum Gasteiger partial charge on any atom is 0.217 e. The number of phenols is 1. The van der Waals surface area contributed by atoms with Crippen LogP contribution in [0.1, 0.15) is 51.1 Å². The predicted molar refractivity (Wildman–Crippen MR) is 86.3 cm³/mol. The third-order valence-electron chi connectivity index (χ3n) is 3.77. The molecule has 0 aromatic heterocycles. The smallest absolute Gasteiger partial charge is 0.217 e. The molecule has 0 aliphatic rings. The van der Waals surface area contributed by atoms with Gasteiger partial charge in [-0.25, -0.2) is 0 Å². The number of hydrogen-bond acceptors (Lipinski definition) is 2. The highest BCUT2D eigenvalue weighted by atomic mass is 16.3. The lowest BCUT2D eigenvalue weighted by atomic mass is 9.94. The Morgan fingerprint density at radius 1 is 1.19 bits per heavy atom. The summed E-state index contributed by atoms with van der Waals surface area (Å²) in [6.45, 7) is 3.68. The molecule has 112 valence electrons. The lowest BCUT2D eigenvalue weighted by Gasteiger charge is -2.21. The number of amides is 1. The van der Waals surface area contributed by atoms with Gasteiger partial charge < -0.3 is 10.4 Å². The Labute approximate surface area is 126 Å². The van der Waals surface area contributed by atoms with E-state index in [2.05, 4.69) is 12.2 Å². The van der Waals surface area contributed by atoms with Crippen molar-refractivity contribution >= 4 is 16.7 Å². The zero-order valence-electron chi connectivity index (χ0n) is 12.7. The van der Waals surface area contributed by atoms with Crippen LogP contribution in [-0.2, 0) is 4.79 Å². The van der Waals surface area contributed by atoms with E-state index in [0.717, 1.165) is 42.0 Å². The van der Waals surface area contributed by atoms with Crippen molar-refractivity contribution in [1.82, 2.24) is 5.32 Å². The summed E-state index contributed by atoms with van der Waals surface area (Å²) in [6, 6.07) is 11.4. The zero-order valence-corrected chi connectivity index (χ0v) is 12.7. The second-order valence-corrected chi connectivity index (χ2v) is 5.47. The van der Waals surface area contributed by atoms with Gasteiger partial charge in [-0.1, -0.05) is 56.5 Å². The Bertz CT molecular complexity index is 622. The number of phenolic OH excluding ortho intramolecular Hbond substituents is 1. The first kappa shape index (κ1) is 15.4. The SMILES string of the molecule is CCCCCC(NC(C)=O)c1c(O)ccc2ccccc12. The van der Waals surface area contributed by atoms with Crippen molar-refractivity contribution in [1.29, 1.82) is 0 Å². The van der Waals surface area contributed by atoms with Crippen molar-refractivity contribution in [2.75, 3.05) is 0 Å². The number of fused-ring (bicyclic) bond motifs is 1. The molecule has 2 aromatic rings. The molecule has 2 aromatic carbocycles. The summed E-state index contributed by atoms with van der Waals surface area (Å²) < 4.78 is 0. The third kappa shape index (κ3) is 3.75. The van der Waals surface area contributed by atoms with E-state index in [1.807, 2.05) is 30.3 Å². The summed E-state index contributed by atoms with van der Waals surface area (Å²) in [6.07, 6.45) is 4.13. The topological polar surface area (TPSA) is 49.3 Å². The minimum Gasteiger partial charge on any atom is -0.508 e. The van der Waals surface area contributed by atoms with Gasteiger partial charge in [-0.05, 0) is 23.3 Å². The standard InChI is InChI=1S/C18H23NO2/c1-3-4-5-10-16(19-13(2)20)18-15-9-7-6-8-14(15)11-12-17(18)21/h6-9,11-12,16,21H,3-5,10H2,1-2H3,(H,19,20). The average Bonchev–Trinajstić information content (AvgIpc) is 2.46. The normalized spacial score (nSPS) is 12.3. The molecule has 0 saturated carbocycles. The molecule has 3 heteroatoms. The molecular formula is C18H23NO2. The average molecular weight is 285 g/mol. The van der Waals surface area contributed by atoms with Crippen LogP contribution in [0.3, 0.4) is 0 Å². The fourth-order valence-corrected chi connectivity index (χ4v) is 2.78. The van der Waals surface area contributed by atoms with E-state index >= 15 is 0 Å². The van der Waals surface area contributed by atoms with Crippen LogP contribution in [0, 0.1) is 0 Å². The second-order valence-electron chi connectivity index (χ2n) is 5.47. The largest absolute Gasteiger partial charge is 0.508 e. The fourth-order valence-electron chi connectivity index (χ4n) is 2.78. The Morgan fingerprint density at radius 3 is 2.67 bits per heavy atom. The first-order valence-corrected chi connectivity index (χ1v) is 7.61. The molecule has 2 rings (SSSR count). The van der Waals surface area contributed by atoms with Gasteiger partial charge in [-0.15, -0.1) is 0 Å². The quantitative estimate of drug-likeness (QED) is 0.777. The minimum atomic E-state index is -0.139. The van der Waals surface area contributed by atoms with Gasteiger partial charge in [0, 0.05) is 12.5 Å². The van der Waals surface area contributed by atoms with Gasteiger partial charge in [0.2, 0.25) is 5.91 Å². The molecule has 0 fully saturated rings. The first-order chi connectivity index (χ1) is 10.1. The minimum absolute atomic E-state index is 0.0659. The molecule has 0 heterocycles. The first-order valence-electron chi connectivity index (χ1n) is 7.61. The number of carbonyl (C=O) groups is 1. The van der Waals surface area contributed by atoms with Crippen LogP contribution in [0.4, 0.5) is 0 Å². The molecule has 0 aliphatic carbocycles. The van der Waals surface area contributed by atoms with E-state index in [1.165, 1.54) is 6.92 Å². The highest BCUT2D eigenvalue weighted by Crippen LogP contribution is 2.34. The van der Waals surface area contributed by atoms with Gasteiger partial charge >= 0.3 is 0 Å². The van der Waals surface area contributed by atoms with E-state index in [4.69, 9.17) is 0 Å². The number of nitrogens with one attached hydrogen (secondary N) is 1. The van der Waals surface area contributed by atoms with E-state index in [-0.39, 0.29) is 17.7 Å². The van der Waals surface area contributed by atoms with Crippen LogP contribution in [0.15, 0.2) is 36.4 Å². The van der Waals surface area contributed by atoms with E-state index in [9.17, 15) is 9.90 Å². The molecule has 0 bridgehead atoms. The molecule has 0 spiro atoms. The van der Waals surface area contributed by atoms with Crippen LogP contribution in [0.2, 0.25) is 0 Å². The Balaban J connectivity index is 2.42. The van der Waals surface area contributed by atoms with Crippen LogP contribution >= 0.6 is 0 Å². The lowest BCUT2D eigenvalue weighted by molar-refractivity contribution is -0.119. The summed E-state index contributed by atoms with van der Waals surface area (Å²) in [4.78, 5) is 11.5. The summed E-state index contributed by atoms with van der Waals surface area (Å²) in [5.74, 6) is 0.188. The van der Waals surface area contributed by atoms with Crippen molar-refractivity contribution in [3.05, 3.63) is 42.0 Å². The highest BCUT2D eigenvalue weighted by molar-refractivity contribution is 5.88. The Hall–Kier alpha value is -2.03. The summed E-state index contributed by atoms with van der Waals surface area (Å²) in [7, 11) is 0. The third-order valence-corrected chi connectivity index (χ3v) is 3.77. The molecule has 0 aliphatic heterocycles. The van der Waals surface area contributed by atoms with Gasteiger partial charge in [0.05, 0.1) is 6.04 Å². The van der Waals surface area contributed by atoms with Crippen LogP contribution in [0.5, 0.6) is 5.75 Å². The molecular weight excluding hydrogens is 262 g/mol. The summed E-state index contributed by atoms with van der Waals surface area (Å²) >= 11 is 0. The van der Waals surface area contributed by atoms with Crippen molar-refractivity contribution < 1.29 is 9.90 Å². The maximum absolute atomic E-state index is 11.5. The molecule has 3 nitrogen and oxygen atoms in total. The predicted octanol–water partition coefficient (Wildman–Crippen LogP) is 4.30. The Kier molecular flexibility index (Phi) is 5.20. The van der Waals surface area contributed by atoms with Crippen molar-refractivity contribution in [3.8, 4) is 5.75 Å². The molecule has 0 saturated heterocycles. The molecule has 21 heavy (non-hydrogen) atoms. The van der Waals surface area contributed by atoms with Gasteiger partial charge in [0.15, 0.2) is 0 Å². The monoisotopic (exact) mass is 285 g/mol. The zero-order chi connectivity index (χ0) is 15.2. The van der Waals surface area contributed by atoms with Crippen molar-refractivity contribution in [2.45, 2.75) is 45.6 Å². The fraction of sp³-hybridized carbons (Fsp3) is 0.389. The lowest BCUT2D eigenvalue weighted by Crippen LogP contribution is -2.26. The van der Waals surface area contributed by atoms with Crippen LogP contribution in [0.25, 0.3) is 10.8 Å². The van der Waals surface area contributed by atoms with Gasteiger partial charge in [-0.3, -0.25) is 4.79 Å². The molecule has 1 atom stereocenters. The highest BCUT2D eigenvalue weighted by Gasteiger charge is 2.19.